The maximum absolute atomic E-state index is 12.7. The van der Waals surface area contributed by atoms with Gasteiger partial charge in [0, 0.05) is 29.2 Å². The van der Waals surface area contributed by atoms with E-state index in [4.69, 9.17) is 4.74 Å². The normalized spacial score (nSPS) is 11.4. The van der Waals surface area contributed by atoms with Crippen LogP contribution in [0.25, 0.3) is 10.9 Å². The zero-order valence-electron chi connectivity index (χ0n) is 15.7. The molecule has 1 heterocycles. The minimum atomic E-state index is -3.55. The Morgan fingerprint density at radius 1 is 1.07 bits per heavy atom. The van der Waals surface area contributed by atoms with Gasteiger partial charge in [-0.25, -0.2) is 13.2 Å². The third-order valence-electron chi connectivity index (χ3n) is 4.47. The first-order valence-electron chi connectivity index (χ1n) is 8.50. The highest BCUT2D eigenvalue weighted by molar-refractivity contribution is 7.92. The molecule has 0 amide bonds. The summed E-state index contributed by atoms with van der Waals surface area (Å²) in [5.41, 5.74) is 2.25. The molecule has 0 unspecified atom stereocenters. The van der Waals surface area contributed by atoms with Gasteiger partial charge in [-0.2, -0.15) is 0 Å². The maximum Gasteiger partial charge on any atom is 0.340 e. The molecular weight excluding hydrogens is 380 g/mol. The van der Waals surface area contributed by atoms with E-state index in [2.05, 4.69) is 4.98 Å². The highest BCUT2D eigenvalue weighted by Crippen LogP contribution is 2.24. The van der Waals surface area contributed by atoms with Gasteiger partial charge in [-0.15, -0.1) is 0 Å². The molecule has 0 saturated carbocycles. The molecule has 28 heavy (non-hydrogen) atoms. The van der Waals surface area contributed by atoms with E-state index < -0.39 is 22.6 Å². The topological polar surface area (TPSA) is 96.5 Å². The first kappa shape index (κ1) is 19.6. The monoisotopic (exact) mass is 400 g/mol. The standard InChI is InChI=1S/C20H20N2O5S/c1-13-19(14-8-4-6-10-16(14)21-13)18(23)12-27-20(24)15-9-5-7-11-17(15)22(2)28(3,25)26/h4-11,21H,12H2,1-3H3. The molecule has 0 aliphatic rings. The van der Waals surface area contributed by atoms with Crippen molar-refractivity contribution in [2.45, 2.75) is 6.92 Å². The van der Waals surface area contributed by atoms with Gasteiger partial charge in [0.05, 0.1) is 17.5 Å². The Morgan fingerprint density at radius 2 is 1.71 bits per heavy atom. The molecule has 8 heteroatoms. The fourth-order valence-corrected chi connectivity index (χ4v) is 3.53. The third kappa shape index (κ3) is 3.77. The fourth-order valence-electron chi connectivity index (χ4n) is 3.02. The van der Waals surface area contributed by atoms with E-state index in [0.717, 1.165) is 21.5 Å². The number of anilines is 1. The summed E-state index contributed by atoms with van der Waals surface area (Å²) in [5.74, 6) is -1.10. The molecule has 2 aromatic carbocycles. The van der Waals surface area contributed by atoms with Crippen LogP contribution in [-0.4, -0.2) is 45.1 Å². The summed E-state index contributed by atoms with van der Waals surface area (Å²) in [6, 6.07) is 13.6. The first-order valence-corrected chi connectivity index (χ1v) is 10.4. The lowest BCUT2D eigenvalue weighted by Crippen LogP contribution is -2.27. The van der Waals surface area contributed by atoms with Crippen LogP contribution in [0, 0.1) is 6.92 Å². The van der Waals surface area contributed by atoms with Crippen molar-refractivity contribution in [1.29, 1.82) is 0 Å². The zero-order chi connectivity index (χ0) is 20.5. The van der Waals surface area contributed by atoms with E-state index in [1.54, 1.807) is 19.1 Å². The second-order valence-corrected chi connectivity index (χ2v) is 8.43. The second-order valence-electron chi connectivity index (χ2n) is 6.42. The Balaban J connectivity index is 1.81. The lowest BCUT2D eigenvalue weighted by Gasteiger charge is -2.19. The van der Waals surface area contributed by atoms with Gasteiger partial charge in [0.25, 0.3) is 0 Å². The van der Waals surface area contributed by atoms with Gasteiger partial charge in [0.1, 0.15) is 0 Å². The summed E-state index contributed by atoms with van der Waals surface area (Å²) < 4.78 is 29.8. The van der Waals surface area contributed by atoms with Gasteiger partial charge in [-0.1, -0.05) is 30.3 Å². The van der Waals surface area contributed by atoms with Crippen molar-refractivity contribution in [1.82, 2.24) is 4.98 Å². The molecule has 0 fully saturated rings. The van der Waals surface area contributed by atoms with Crippen LogP contribution in [0.2, 0.25) is 0 Å². The number of aryl methyl sites for hydroxylation is 1. The summed E-state index contributed by atoms with van der Waals surface area (Å²) in [7, 11) is -2.20. The number of carbonyl (C=O) groups excluding carboxylic acids is 2. The number of ketones is 1. The number of nitrogens with zero attached hydrogens (tertiary/aromatic N) is 1. The smallest absolute Gasteiger partial charge is 0.340 e. The number of fused-ring (bicyclic) bond motifs is 1. The molecule has 3 rings (SSSR count). The molecule has 0 spiro atoms. The van der Waals surface area contributed by atoms with Crippen LogP contribution in [0.1, 0.15) is 26.4 Å². The molecule has 0 aliphatic heterocycles. The van der Waals surface area contributed by atoms with Crippen molar-refractivity contribution in [2.24, 2.45) is 0 Å². The molecule has 1 aromatic heterocycles. The Hall–Kier alpha value is -3.13. The molecule has 0 bridgehead atoms. The molecule has 3 aromatic rings. The Kier molecular flexibility index (Phi) is 5.24. The van der Waals surface area contributed by atoms with Gasteiger partial charge in [0.15, 0.2) is 6.61 Å². The number of Topliss-reactive ketones (excluding diaryl/α,β-unsaturated/α-hetero) is 1. The molecule has 0 saturated heterocycles. The second kappa shape index (κ2) is 7.47. The van der Waals surface area contributed by atoms with E-state index in [9.17, 15) is 18.0 Å². The molecule has 1 N–H and O–H groups in total. The highest BCUT2D eigenvalue weighted by atomic mass is 32.2. The van der Waals surface area contributed by atoms with E-state index >= 15 is 0 Å². The third-order valence-corrected chi connectivity index (χ3v) is 5.66. The van der Waals surface area contributed by atoms with E-state index in [1.165, 1.54) is 19.2 Å². The number of para-hydroxylation sites is 2. The number of H-pyrrole nitrogens is 1. The average Bonchev–Trinajstić information content (AvgIpc) is 3.00. The number of rotatable bonds is 6. The molecule has 0 radical (unpaired) electrons. The number of ether oxygens (including phenoxy) is 1. The number of hydrogen-bond donors (Lipinski definition) is 1. The van der Waals surface area contributed by atoms with E-state index in [1.807, 2.05) is 24.3 Å². The number of carbonyl (C=O) groups is 2. The summed E-state index contributed by atoms with van der Waals surface area (Å²) in [6.45, 7) is 1.34. The Bertz CT molecular complexity index is 1160. The highest BCUT2D eigenvalue weighted by Gasteiger charge is 2.22. The predicted molar refractivity (Wildman–Crippen MR) is 107 cm³/mol. The van der Waals surface area contributed by atoms with Crippen LogP contribution < -0.4 is 4.31 Å². The number of hydrogen-bond acceptors (Lipinski definition) is 5. The summed E-state index contributed by atoms with van der Waals surface area (Å²) in [5, 5.41) is 0.762. The number of benzene rings is 2. The van der Waals surface area contributed by atoms with Gasteiger partial charge < -0.3 is 9.72 Å². The lowest BCUT2D eigenvalue weighted by molar-refractivity contribution is 0.0476. The quantitative estimate of drug-likeness (QED) is 0.507. The van der Waals surface area contributed by atoms with Crippen molar-refractivity contribution in [3.05, 3.63) is 65.4 Å². The lowest BCUT2D eigenvalue weighted by atomic mass is 10.1. The number of aromatic amines is 1. The molecular formula is C20H20N2O5S. The Morgan fingerprint density at radius 3 is 2.43 bits per heavy atom. The van der Waals surface area contributed by atoms with Crippen molar-refractivity contribution in [2.75, 3.05) is 24.2 Å². The minimum Gasteiger partial charge on any atom is -0.454 e. The number of esters is 1. The van der Waals surface area contributed by atoms with Crippen LogP contribution >= 0.6 is 0 Å². The fraction of sp³-hybridized carbons (Fsp3) is 0.200. The number of sulfonamides is 1. The van der Waals surface area contributed by atoms with Gasteiger partial charge in [-0.3, -0.25) is 9.10 Å². The van der Waals surface area contributed by atoms with E-state index in [-0.39, 0.29) is 17.0 Å². The average molecular weight is 400 g/mol. The Labute approximate surface area is 163 Å². The van der Waals surface area contributed by atoms with Gasteiger partial charge >= 0.3 is 5.97 Å². The molecule has 0 atom stereocenters. The first-order chi connectivity index (χ1) is 13.2. The van der Waals surface area contributed by atoms with Crippen molar-refractivity contribution in [3.63, 3.8) is 0 Å². The summed E-state index contributed by atoms with van der Waals surface area (Å²) in [4.78, 5) is 28.3. The van der Waals surface area contributed by atoms with Crippen LogP contribution in [0.15, 0.2) is 48.5 Å². The van der Waals surface area contributed by atoms with Crippen LogP contribution in [-0.2, 0) is 14.8 Å². The van der Waals surface area contributed by atoms with Gasteiger partial charge in [0.2, 0.25) is 15.8 Å². The van der Waals surface area contributed by atoms with Crippen molar-refractivity contribution in [3.8, 4) is 0 Å². The number of aromatic nitrogens is 1. The van der Waals surface area contributed by atoms with Crippen molar-refractivity contribution < 1.29 is 22.7 Å². The zero-order valence-corrected chi connectivity index (χ0v) is 16.5. The largest absolute Gasteiger partial charge is 0.454 e. The molecule has 146 valence electrons. The predicted octanol–water partition coefficient (Wildman–Crippen LogP) is 2.91. The van der Waals surface area contributed by atoms with E-state index in [0.29, 0.717) is 11.3 Å². The van der Waals surface area contributed by atoms with Crippen LogP contribution in [0.5, 0.6) is 0 Å². The van der Waals surface area contributed by atoms with Crippen LogP contribution in [0.4, 0.5) is 5.69 Å². The van der Waals surface area contributed by atoms with Crippen molar-refractivity contribution >= 4 is 38.4 Å². The summed E-state index contributed by atoms with van der Waals surface area (Å²) >= 11 is 0. The summed E-state index contributed by atoms with van der Waals surface area (Å²) in [6.07, 6.45) is 1.04. The molecule has 7 nitrogen and oxygen atoms in total. The van der Waals surface area contributed by atoms with Gasteiger partial charge in [-0.05, 0) is 25.1 Å². The maximum atomic E-state index is 12.7. The SMILES string of the molecule is Cc1[nH]c2ccccc2c1C(=O)COC(=O)c1ccccc1N(C)S(C)(=O)=O. The minimum absolute atomic E-state index is 0.0684. The van der Waals surface area contributed by atoms with Crippen LogP contribution in [0.3, 0.4) is 0 Å². The number of nitrogens with one attached hydrogen (secondary N) is 1. The molecule has 0 aliphatic carbocycles.